The molecule has 0 aliphatic rings. The fourth-order valence-electron chi connectivity index (χ4n) is 2.30. The molecule has 0 radical (unpaired) electrons. The van der Waals surface area contributed by atoms with Crippen molar-refractivity contribution in [1.29, 1.82) is 0 Å². The minimum absolute atomic E-state index is 0.176. The molecule has 26 heavy (non-hydrogen) atoms. The number of amides is 2. The van der Waals surface area contributed by atoms with Crippen molar-refractivity contribution in [3.8, 4) is 0 Å². The lowest BCUT2D eigenvalue weighted by Crippen LogP contribution is -2.35. The number of ether oxygens (including phenoxy) is 1. The van der Waals surface area contributed by atoms with Crippen molar-refractivity contribution in [3.05, 3.63) is 35.4 Å². The molecule has 0 aromatic heterocycles. The Morgan fingerprint density at radius 2 is 1.85 bits per heavy atom. The summed E-state index contributed by atoms with van der Waals surface area (Å²) in [5.74, 6) is -0.176. The maximum absolute atomic E-state index is 13.0. The van der Waals surface area contributed by atoms with E-state index < -0.39 is 29.5 Å². The van der Waals surface area contributed by atoms with Gasteiger partial charge in [0.15, 0.2) is 0 Å². The Bertz CT molecular complexity index is 625. The summed E-state index contributed by atoms with van der Waals surface area (Å²) in [6.45, 7) is 5.08. The topological polar surface area (TPSA) is 67.4 Å². The zero-order valence-corrected chi connectivity index (χ0v) is 15.4. The van der Waals surface area contributed by atoms with Crippen LogP contribution in [-0.4, -0.2) is 24.6 Å². The number of halogens is 3. The molecule has 0 fully saturated rings. The largest absolute Gasteiger partial charge is 0.444 e. The molecule has 5 nitrogen and oxygen atoms in total. The van der Waals surface area contributed by atoms with E-state index in [1.165, 1.54) is 19.2 Å². The van der Waals surface area contributed by atoms with Crippen molar-refractivity contribution >= 4 is 12.0 Å². The molecule has 0 spiro atoms. The van der Waals surface area contributed by atoms with Gasteiger partial charge in [-0.1, -0.05) is 12.1 Å². The van der Waals surface area contributed by atoms with Gasteiger partial charge in [0.2, 0.25) is 5.91 Å². The number of hydrogen-bond donors (Lipinski definition) is 2. The van der Waals surface area contributed by atoms with E-state index in [-0.39, 0.29) is 12.3 Å². The van der Waals surface area contributed by atoms with Gasteiger partial charge in [-0.15, -0.1) is 0 Å². The monoisotopic (exact) mass is 374 g/mol. The highest BCUT2D eigenvalue weighted by Gasteiger charge is 2.31. The van der Waals surface area contributed by atoms with Crippen LogP contribution in [0.4, 0.5) is 18.0 Å². The van der Waals surface area contributed by atoms with Gasteiger partial charge in [-0.3, -0.25) is 4.79 Å². The van der Waals surface area contributed by atoms with Gasteiger partial charge in [0.1, 0.15) is 5.60 Å². The van der Waals surface area contributed by atoms with Crippen LogP contribution in [-0.2, 0) is 15.7 Å². The summed E-state index contributed by atoms with van der Waals surface area (Å²) in [4.78, 5) is 23.4. The Morgan fingerprint density at radius 3 is 2.38 bits per heavy atom. The Kier molecular flexibility index (Phi) is 7.47. The van der Waals surface area contributed by atoms with E-state index in [2.05, 4.69) is 10.6 Å². The standard InChI is InChI=1S/C18H25F3N2O3/c1-17(2,3)26-16(25)23-14(9-6-10-15(24)22-4)12-7-5-8-13(11-12)18(19,20)21/h5,7-8,11,14H,6,9-10H2,1-4H3,(H,22,24)(H,23,25). The quantitative estimate of drug-likeness (QED) is 0.785. The van der Waals surface area contributed by atoms with Crippen LogP contribution in [0.15, 0.2) is 24.3 Å². The zero-order valence-electron chi connectivity index (χ0n) is 15.4. The molecule has 0 saturated heterocycles. The third-order valence-corrected chi connectivity index (χ3v) is 3.48. The molecule has 0 heterocycles. The van der Waals surface area contributed by atoms with Crippen LogP contribution < -0.4 is 10.6 Å². The van der Waals surface area contributed by atoms with Crippen LogP contribution in [0.1, 0.15) is 57.2 Å². The van der Waals surface area contributed by atoms with Crippen LogP contribution in [0.3, 0.4) is 0 Å². The summed E-state index contributed by atoms with van der Waals surface area (Å²) in [5, 5.41) is 5.08. The minimum Gasteiger partial charge on any atom is -0.444 e. The van der Waals surface area contributed by atoms with Gasteiger partial charge in [0, 0.05) is 13.5 Å². The van der Waals surface area contributed by atoms with E-state index in [4.69, 9.17) is 4.74 Å². The van der Waals surface area contributed by atoms with Gasteiger partial charge < -0.3 is 15.4 Å². The van der Waals surface area contributed by atoms with E-state index in [0.29, 0.717) is 18.4 Å². The fourth-order valence-corrected chi connectivity index (χ4v) is 2.30. The van der Waals surface area contributed by atoms with Gasteiger partial charge >= 0.3 is 12.3 Å². The van der Waals surface area contributed by atoms with E-state index in [1.54, 1.807) is 20.8 Å². The molecule has 2 amide bonds. The van der Waals surface area contributed by atoms with Crippen molar-refractivity contribution < 1.29 is 27.5 Å². The summed E-state index contributed by atoms with van der Waals surface area (Å²) in [5.41, 5.74) is -1.22. The van der Waals surface area contributed by atoms with Crippen LogP contribution >= 0.6 is 0 Å². The van der Waals surface area contributed by atoms with E-state index in [9.17, 15) is 22.8 Å². The van der Waals surface area contributed by atoms with E-state index >= 15 is 0 Å². The molecule has 2 N–H and O–H groups in total. The SMILES string of the molecule is CNC(=O)CCCC(NC(=O)OC(C)(C)C)c1cccc(C(F)(F)F)c1. The van der Waals surface area contributed by atoms with Crippen molar-refractivity contribution in [2.24, 2.45) is 0 Å². The molecule has 0 aliphatic heterocycles. The summed E-state index contributed by atoms with van der Waals surface area (Å²) in [7, 11) is 1.51. The van der Waals surface area contributed by atoms with E-state index in [1.807, 2.05) is 0 Å². The van der Waals surface area contributed by atoms with Gasteiger partial charge in [0.25, 0.3) is 0 Å². The third kappa shape index (κ3) is 7.76. The highest BCUT2D eigenvalue weighted by molar-refractivity contribution is 5.75. The Morgan fingerprint density at radius 1 is 1.19 bits per heavy atom. The number of alkyl carbamates (subject to hydrolysis) is 1. The van der Waals surface area contributed by atoms with Crippen molar-refractivity contribution in [2.75, 3.05) is 7.05 Å². The lowest BCUT2D eigenvalue weighted by molar-refractivity contribution is -0.137. The van der Waals surface area contributed by atoms with Gasteiger partial charge in [-0.05, 0) is 51.3 Å². The average Bonchev–Trinajstić information content (AvgIpc) is 2.51. The third-order valence-electron chi connectivity index (χ3n) is 3.48. The first-order valence-electron chi connectivity index (χ1n) is 8.29. The van der Waals surface area contributed by atoms with Gasteiger partial charge in [-0.25, -0.2) is 4.79 Å². The fraction of sp³-hybridized carbons (Fsp3) is 0.556. The number of carbonyl (C=O) groups excluding carboxylic acids is 2. The second kappa shape index (κ2) is 8.91. The second-order valence-electron chi connectivity index (χ2n) is 6.89. The van der Waals surface area contributed by atoms with E-state index in [0.717, 1.165) is 12.1 Å². The number of rotatable bonds is 6. The number of hydrogen-bond acceptors (Lipinski definition) is 3. The molecule has 8 heteroatoms. The first-order valence-corrected chi connectivity index (χ1v) is 8.29. The summed E-state index contributed by atoms with van der Waals surface area (Å²) in [6, 6.07) is 4.08. The van der Waals surface area contributed by atoms with Crippen LogP contribution in [0.5, 0.6) is 0 Å². The number of benzene rings is 1. The summed E-state index contributed by atoms with van der Waals surface area (Å²) >= 11 is 0. The first kappa shape index (κ1) is 21.8. The van der Waals surface area contributed by atoms with Crippen LogP contribution in [0.25, 0.3) is 0 Å². The molecule has 0 saturated carbocycles. The summed E-state index contributed by atoms with van der Waals surface area (Å²) in [6.07, 6.45) is -4.29. The van der Waals surface area contributed by atoms with Crippen molar-refractivity contribution in [3.63, 3.8) is 0 Å². The van der Waals surface area contributed by atoms with Gasteiger partial charge in [0.05, 0.1) is 11.6 Å². The van der Waals surface area contributed by atoms with Crippen molar-refractivity contribution in [1.82, 2.24) is 10.6 Å². The molecule has 0 aliphatic carbocycles. The predicted molar refractivity (Wildman–Crippen MR) is 91.5 cm³/mol. The Hall–Kier alpha value is -2.25. The van der Waals surface area contributed by atoms with Crippen LogP contribution in [0, 0.1) is 0 Å². The Balaban J connectivity index is 2.96. The minimum atomic E-state index is -4.48. The first-order chi connectivity index (χ1) is 11.9. The molecule has 1 rings (SSSR count). The Labute approximate surface area is 151 Å². The molecule has 1 atom stereocenters. The molecule has 0 bridgehead atoms. The number of nitrogens with one attached hydrogen (secondary N) is 2. The number of alkyl halides is 3. The lowest BCUT2D eigenvalue weighted by Gasteiger charge is -2.24. The number of carbonyl (C=O) groups is 2. The lowest BCUT2D eigenvalue weighted by atomic mass is 9.99. The van der Waals surface area contributed by atoms with Gasteiger partial charge in [-0.2, -0.15) is 13.2 Å². The predicted octanol–water partition coefficient (Wildman–Crippen LogP) is 4.19. The molecule has 1 unspecified atom stereocenters. The molecular weight excluding hydrogens is 349 g/mol. The maximum atomic E-state index is 13.0. The molecular formula is C18H25F3N2O3. The van der Waals surface area contributed by atoms with Crippen LogP contribution in [0.2, 0.25) is 0 Å². The van der Waals surface area contributed by atoms with Crippen molar-refractivity contribution in [2.45, 2.75) is 57.9 Å². The molecule has 1 aromatic carbocycles. The maximum Gasteiger partial charge on any atom is 0.416 e. The average molecular weight is 374 g/mol. The second-order valence-corrected chi connectivity index (χ2v) is 6.89. The highest BCUT2D eigenvalue weighted by atomic mass is 19.4. The molecule has 146 valence electrons. The smallest absolute Gasteiger partial charge is 0.416 e. The normalized spacial score (nSPS) is 13.0. The molecule has 1 aromatic rings. The highest BCUT2D eigenvalue weighted by Crippen LogP contribution is 2.31. The summed E-state index contributed by atoms with van der Waals surface area (Å²) < 4.78 is 44.0. The zero-order chi connectivity index (χ0) is 20.0.